The third-order valence-corrected chi connectivity index (χ3v) is 5.72. The highest BCUT2D eigenvalue weighted by molar-refractivity contribution is 7.92. The van der Waals surface area contributed by atoms with E-state index >= 15 is 0 Å². The third-order valence-electron chi connectivity index (χ3n) is 4.54. The lowest BCUT2D eigenvalue weighted by Crippen LogP contribution is -2.37. The first-order valence-electron chi connectivity index (χ1n) is 8.46. The maximum atomic E-state index is 12.5. The van der Waals surface area contributed by atoms with Crippen LogP contribution in [0, 0.1) is 0 Å². The number of nitrogens with zero attached hydrogens (tertiary/aromatic N) is 3. The van der Waals surface area contributed by atoms with Crippen LogP contribution in [0.25, 0.3) is 0 Å². The summed E-state index contributed by atoms with van der Waals surface area (Å²) in [4.78, 5) is 50.1. The molecule has 2 aliphatic rings. The van der Waals surface area contributed by atoms with Crippen molar-refractivity contribution in [3.05, 3.63) is 29.3 Å². The second-order valence-corrected chi connectivity index (χ2v) is 8.39. The Morgan fingerprint density at radius 2 is 1.78 bits per heavy atom. The number of fused-ring (bicyclic) bond motifs is 1. The first kappa shape index (κ1) is 19.0. The highest BCUT2D eigenvalue weighted by Crippen LogP contribution is 2.31. The molecule has 3 rings (SSSR count). The molecule has 0 aliphatic carbocycles. The van der Waals surface area contributed by atoms with Crippen molar-refractivity contribution >= 4 is 39.3 Å². The Morgan fingerprint density at radius 3 is 2.41 bits per heavy atom. The number of hydrogen-bond acceptors (Lipinski definition) is 6. The highest BCUT2D eigenvalue weighted by atomic mass is 32.2. The predicted octanol–water partition coefficient (Wildman–Crippen LogP) is 0.392. The fourth-order valence-corrected chi connectivity index (χ4v) is 4.19. The number of imide groups is 2. The first-order chi connectivity index (χ1) is 12.6. The molecule has 4 amide bonds. The minimum absolute atomic E-state index is 0.119. The molecule has 0 unspecified atom stereocenters. The number of anilines is 1. The molecule has 0 saturated carbocycles. The number of urea groups is 1. The van der Waals surface area contributed by atoms with Crippen LogP contribution in [0.3, 0.4) is 0 Å². The van der Waals surface area contributed by atoms with Gasteiger partial charge >= 0.3 is 17.8 Å². The van der Waals surface area contributed by atoms with E-state index in [1.807, 2.05) is 0 Å². The maximum absolute atomic E-state index is 12.5. The molecule has 10 heteroatoms. The number of carbonyl (C=O) groups is 4. The number of carbonyl (C=O) groups excluding carboxylic acids is 4. The molecule has 1 saturated heterocycles. The minimum Gasteiger partial charge on any atom is -0.292 e. The molecular formula is C17H19N3O6S. The Morgan fingerprint density at radius 1 is 1.11 bits per heavy atom. The van der Waals surface area contributed by atoms with Crippen LogP contribution < -0.4 is 4.31 Å². The van der Waals surface area contributed by atoms with Crippen LogP contribution in [0.5, 0.6) is 0 Å². The van der Waals surface area contributed by atoms with Crippen molar-refractivity contribution in [3.63, 3.8) is 0 Å². The average Bonchev–Trinajstić information content (AvgIpc) is 3.12. The molecule has 2 aliphatic heterocycles. The van der Waals surface area contributed by atoms with Gasteiger partial charge in [0.2, 0.25) is 10.0 Å². The summed E-state index contributed by atoms with van der Waals surface area (Å²) in [5.74, 6) is -2.43. The van der Waals surface area contributed by atoms with Gasteiger partial charge in [-0.25, -0.2) is 18.1 Å². The van der Waals surface area contributed by atoms with Gasteiger partial charge in [0.15, 0.2) is 5.78 Å². The van der Waals surface area contributed by atoms with Gasteiger partial charge in [-0.05, 0) is 36.6 Å². The van der Waals surface area contributed by atoms with Gasteiger partial charge in [-0.1, -0.05) is 6.92 Å². The fourth-order valence-electron chi connectivity index (χ4n) is 3.23. The summed E-state index contributed by atoms with van der Waals surface area (Å²) in [6, 6.07) is 3.78. The van der Waals surface area contributed by atoms with E-state index in [1.54, 1.807) is 19.1 Å². The van der Waals surface area contributed by atoms with E-state index in [2.05, 4.69) is 0 Å². The lowest BCUT2D eigenvalue weighted by atomic mass is 10.0. The molecule has 0 bridgehead atoms. The van der Waals surface area contributed by atoms with Crippen molar-refractivity contribution in [3.8, 4) is 0 Å². The number of Topliss-reactive ketones (excluding diaryl/α,β-unsaturated/α-hetero) is 1. The molecular weight excluding hydrogens is 374 g/mol. The lowest BCUT2D eigenvalue weighted by Gasteiger charge is -2.17. The molecule has 2 heterocycles. The molecule has 0 spiro atoms. The smallest absolute Gasteiger partial charge is 0.292 e. The Bertz CT molecular complexity index is 955. The van der Waals surface area contributed by atoms with Crippen LogP contribution in [0.1, 0.15) is 29.3 Å². The lowest BCUT2D eigenvalue weighted by molar-refractivity contribution is -0.143. The van der Waals surface area contributed by atoms with E-state index in [-0.39, 0.29) is 12.1 Å². The minimum atomic E-state index is -3.39. The first-order valence-corrected chi connectivity index (χ1v) is 10.3. The topological polar surface area (TPSA) is 112 Å². The molecule has 27 heavy (non-hydrogen) atoms. The van der Waals surface area contributed by atoms with Crippen molar-refractivity contribution in [2.45, 2.75) is 19.8 Å². The van der Waals surface area contributed by atoms with Gasteiger partial charge in [0, 0.05) is 18.7 Å². The number of sulfonamides is 1. The van der Waals surface area contributed by atoms with Crippen LogP contribution in [-0.4, -0.2) is 67.7 Å². The van der Waals surface area contributed by atoms with Crippen molar-refractivity contribution in [2.75, 3.05) is 30.2 Å². The largest absolute Gasteiger partial charge is 0.334 e. The highest BCUT2D eigenvalue weighted by Gasteiger charge is 2.44. The van der Waals surface area contributed by atoms with Gasteiger partial charge in [-0.15, -0.1) is 0 Å². The zero-order valence-electron chi connectivity index (χ0n) is 15.0. The molecule has 1 fully saturated rings. The van der Waals surface area contributed by atoms with Gasteiger partial charge in [0.05, 0.1) is 18.5 Å². The number of benzene rings is 1. The second-order valence-electron chi connectivity index (χ2n) is 6.48. The van der Waals surface area contributed by atoms with Crippen molar-refractivity contribution in [1.29, 1.82) is 0 Å². The molecule has 1 aromatic rings. The molecule has 0 radical (unpaired) electrons. The third kappa shape index (κ3) is 3.32. The van der Waals surface area contributed by atoms with Crippen LogP contribution in [0.2, 0.25) is 0 Å². The molecule has 144 valence electrons. The van der Waals surface area contributed by atoms with E-state index in [0.29, 0.717) is 35.5 Å². The summed E-state index contributed by atoms with van der Waals surface area (Å²) < 4.78 is 24.8. The summed E-state index contributed by atoms with van der Waals surface area (Å²) >= 11 is 0. The zero-order valence-corrected chi connectivity index (χ0v) is 15.8. The van der Waals surface area contributed by atoms with E-state index in [9.17, 15) is 27.6 Å². The zero-order chi connectivity index (χ0) is 19.9. The van der Waals surface area contributed by atoms with E-state index < -0.39 is 40.2 Å². The molecule has 9 nitrogen and oxygen atoms in total. The van der Waals surface area contributed by atoms with E-state index in [0.717, 1.165) is 11.2 Å². The van der Waals surface area contributed by atoms with Gasteiger partial charge in [0.1, 0.15) is 0 Å². The molecule has 1 aromatic carbocycles. The Hall–Kier alpha value is -2.75. The standard InChI is InChI=1S/C17H19N3O6S/c1-3-7-18-15(22)16(23)19(17(18)24)10-14(21)12-4-5-13-11(9-12)6-8-20(13)27(2,25)26/h4-5,9H,3,6-8,10H2,1-2H3. The van der Waals surface area contributed by atoms with Crippen LogP contribution >= 0.6 is 0 Å². The van der Waals surface area contributed by atoms with Gasteiger partial charge < -0.3 is 0 Å². The van der Waals surface area contributed by atoms with Crippen LogP contribution in [0.15, 0.2) is 18.2 Å². The number of rotatable bonds is 6. The van der Waals surface area contributed by atoms with E-state index in [1.165, 1.54) is 10.4 Å². The Balaban J connectivity index is 1.79. The monoisotopic (exact) mass is 393 g/mol. The summed E-state index contributed by atoms with van der Waals surface area (Å²) in [5, 5.41) is 0. The molecule has 0 atom stereocenters. The summed E-state index contributed by atoms with van der Waals surface area (Å²) in [6.45, 7) is 1.66. The maximum Gasteiger partial charge on any atom is 0.334 e. The van der Waals surface area contributed by atoms with Gasteiger partial charge in [-0.2, -0.15) is 0 Å². The normalized spacial score (nSPS) is 17.1. The Labute approximate surface area is 156 Å². The summed E-state index contributed by atoms with van der Waals surface area (Å²) in [5.41, 5.74) is 1.48. The van der Waals surface area contributed by atoms with E-state index in [4.69, 9.17) is 0 Å². The fraction of sp³-hybridized carbons (Fsp3) is 0.412. The summed E-state index contributed by atoms with van der Waals surface area (Å²) in [7, 11) is -3.39. The molecule has 0 aromatic heterocycles. The SMILES string of the molecule is CCCN1C(=O)C(=O)N(CC(=O)c2ccc3c(c2)CCN3S(C)(=O)=O)C1=O. The van der Waals surface area contributed by atoms with Crippen molar-refractivity contribution in [2.24, 2.45) is 0 Å². The van der Waals surface area contributed by atoms with Crippen LogP contribution in [-0.2, 0) is 26.0 Å². The number of ketones is 1. The van der Waals surface area contributed by atoms with Gasteiger partial charge in [-0.3, -0.25) is 23.6 Å². The average molecular weight is 393 g/mol. The summed E-state index contributed by atoms with van der Waals surface area (Å²) in [6.07, 6.45) is 2.09. The quantitative estimate of drug-likeness (QED) is 0.393. The van der Waals surface area contributed by atoms with Gasteiger partial charge in [0.25, 0.3) is 0 Å². The number of hydrogen-bond donors (Lipinski definition) is 0. The van der Waals surface area contributed by atoms with Crippen LogP contribution in [0.4, 0.5) is 10.5 Å². The number of amides is 4. The second kappa shape index (κ2) is 6.76. The van der Waals surface area contributed by atoms with Crippen molar-refractivity contribution < 1.29 is 27.6 Å². The Kier molecular flexibility index (Phi) is 4.77. The molecule has 0 N–H and O–H groups in total. The van der Waals surface area contributed by atoms with Crippen molar-refractivity contribution in [1.82, 2.24) is 9.80 Å². The predicted molar refractivity (Wildman–Crippen MR) is 95.8 cm³/mol.